The van der Waals surface area contributed by atoms with Crippen molar-refractivity contribution in [1.82, 2.24) is 0 Å². The Bertz CT molecular complexity index is 487. The third-order valence-corrected chi connectivity index (χ3v) is 6.17. The fraction of sp³-hybridized carbons (Fsp3) is 0.625. The van der Waals surface area contributed by atoms with Gasteiger partial charge in [0.15, 0.2) is 0 Å². The van der Waals surface area contributed by atoms with Crippen LogP contribution < -0.4 is 5.73 Å². The summed E-state index contributed by atoms with van der Waals surface area (Å²) >= 11 is 8.38. The third kappa shape index (κ3) is 2.87. The van der Waals surface area contributed by atoms with Crippen molar-refractivity contribution in [1.29, 1.82) is 0 Å². The minimum atomic E-state index is 0.0227. The zero-order chi connectivity index (χ0) is 14.2. The second-order valence-corrected chi connectivity index (χ2v) is 7.65. The second kappa shape index (κ2) is 5.88. The van der Waals surface area contributed by atoms with Gasteiger partial charge in [0.1, 0.15) is 0 Å². The lowest BCUT2D eigenvalue weighted by Crippen LogP contribution is -2.42. The Hall–Kier alpha value is -0.220. The van der Waals surface area contributed by atoms with Gasteiger partial charge in [-0.05, 0) is 55.1 Å². The van der Waals surface area contributed by atoms with Crippen LogP contribution in [0.2, 0.25) is 5.02 Å². The van der Waals surface area contributed by atoms with Gasteiger partial charge in [0, 0.05) is 23.4 Å². The van der Waals surface area contributed by atoms with Gasteiger partial charge in [0.25, 0.3) is 0 Å². The summed E-state index contributed by atoms with van der Waals surface area (Å²) in [5, 5.41) is 0.804. The maximum Gasteiger partial charge on any atom is 0.0783 e. The van der Waals surface area contributed by atoms with Crippen molar-refractivity contribution in [2.45, 2.75) is 37.8 Å². The highest BCUT2D eigenvalue weighted by Crippen LogP contribution is 2.44. The van der Waals surface area contributed by atoms with Gasteiger partial charge < -0.3 is 10.5 Å². The van der Waals surface area contributed by atoms with E-state index in [9.17, 15) is 0 Å². The van der Waals surface area contributed by atoms with E-state index in [4.69, 9.17) is 22.1 Å². The molecular weight excluding hydrogens is 290 g/mol. The van der Waals surface area contributed by atoms with Gasteiger partial charge in [-0.3, -0.25) is 0 Å². The van der Waals surface area contributed by atoms with E-state index in [1.807, 2.05) is 17.8 Å². The molecule has 3 rings (SSSR count). The minimum absolute atomic E-state index is 0.0227. The predicted octanol–water partition coefficient (Wildman–Crippen LogP) is 3.95. The average Bonchev–Trinajstić information content (AvgIpc) is 2.86. The Kier molecular flexibility index (Phi) is 4.32. The molecule has 20 heavy (non-hydrogen) atoms. The normalized spacial score (nSPS) is 31.6. The van der Waals surface area contributed by atoms with E-state index in [-0.39, 0.29) is 11.6 Å². The highest BCUT2D eigenvalue weighted by Gasteiger charge is 2.42. The molecule has 4 heteroatoms. The standard InChI is InChI=1S/C16H22ClNOS/c1-11-2-3-13(14(17)8-11)15(18)12-4-6-19-16(9-12)5-7-20-10-16/h2-3,8,12,15H,4-7,9-10,18H2,1H3. The first-order valence-electron chi connectivity index (χ1n) is 7.33. The van der Waals surface area contributed by atoms with E-state index in [1.54, 1.807) is 0 Å². The molecule has 2 fully saturated rings. The number of hydrogen-bond acceptors (Lipinski definition) is 3. The number of halogens is 1. The Balaban J connectivity index is 1.77. The molecule has 2 heterocycles. The van der Waals surface area contributed by atoms with Gasteiger partial charge in [-0.25, -0.2) is 0 Å². The lowest BCUT2D eigenvalue weighted by atomic mass is 9.79. The van der Waals surface area contributed by atoms with Crippen LogP contribution in [0.1, 0.15) is 36.4 Å². The first-order valence-corrected chi connectivity index (χ1v) is 8.86. The van der Waals surface area contributed by atoms with Crippen molar-refractivity contribution < 1.29 is 4.74 Å². The van der Waals surface area contributed by atoms with E-state index >= 15 is 0 Å². The second-order valence-electron chi connectivity index (χ2n) is 6.14. The number of thioether (sulfide) groups is 1. The van der Waals surface area contributed by atoms with Crippen LogP contribution in [-0.2, 0) is 4.74 Å². The molecule has 2 saturated heterocycles. The van der Waals surface area contributed by atoms with Crippen LogP contribution in [0.3, 0.4) is 0 Å². The number of ether oxygens (including phenoxy) is 1. The first kappa shape index (κ1) is 14.7. The van der Waals surface area contributed by atoms with Crippen LogP contribution in [0.5, 0.6) is 0 Å². The summed E-state index contributed by atoms with van der Waals surface area (Å²) in [5.74, 6) is 2.81. The van der Waals surface area contributed by atoms with Gasteiger partial charge in [0.05, 0.1) is 5.60 Å². The third-order valence-electron chi connectivity index (χ3n) is 4.62. The molecule has 0 bridgehead atoms. The Labute approximate surface area is 130 Å². The van der Waals surface area contributed by atoms with Crippen molar-refractivity contribution in [2.24, 2.45) is 11.7 Å². The zero-order valence-corrected chi connectivity index (χ0v) is 13.5. The first-order chi connectivity index (χ1) is 9.60. The van der Waals surface area contributed by atoms with Crippen molar-refractivity contribution >= 4 is 23.4 Å². The maximum absolute atomic E-state index is 6.52. The summed E-state index contributed by atoms with van der Waals surface area (Å²) in [5.41, 5.74) is 8.88. The number of rotatable bonds is 2. The van der Waals surface area contributed by atoms with Gasteiger partial charge in [-0.2, -0.15) is 11.8 Å². The summed E-state index contributed by atoms with van der Waals surface area (Å²) < 4.78 is 6.08. The molecule has 0 saturated carbocycles. The highest BCUT2D eigenvalue weighted by molar-refractivity contribution is 7.99. The van der Waals surface area contributed by atoms with Crippen LogP contribution >= 0.6 is 23.4 Å². The molecule has 110 valence electrons. The van der Waals surface area contributed by atoms with Crippen LogP contribution in [-0.4, -0.2) is 23.7 Å². The molecule has 2 nitrogen and oxygen atoms in total. The summed E-state index contributed by atoms with van der Waals surface area (Å²) in [7, 11) is 0. The lowest BCUT2D eigenvalue weighted by molar-refractivity contribution is -0.0834. The summed E-state index contributed by atoms with van der Waals surface area (Å²) in [6.45, 7) is 2.89. The molecule has 0 aromatic heterocycles. The van der Waals surface area contributed by atoms with Gasteiger partial charge in [-0.15, -0.1) is 0 Å². The highest BCUT2D eigenvalue weighted by atomic mass is 35.5. The van der Waals surface area contributed by atoms with Gasteiger partial charge in [0.2, 0.25) is 0 Å². The summed E-state index contributed by atoms with van der Waals surface area (Å²) in [4.78, 5) is 0. The molecule has 0 aliphatic carbocycles. The molecule has 2 aliphatic rings. The average molecular weight is 312 g/mol. The quantitative estimate of drug-likeness (QED) is 0.898. The molecular formula is C16H22ClNOS. The van der Waals surface area contributed by atoms with E-state index in [1.165, 1.54) is 17.7 Å². The largest absolute Gasteiger partial charge is 0.374 e. The van der Waals surface area contributed by atoms with Crippen molar-refractivity contribution in [3.63, 3.8) is 0 Å². The van der Waals surface area contributed by atoms with Crippen molar-refractivity contribution in [2.75, 3.05) is 18.1 Å². The Morgan fingerprint density at radius 2 is 2.35 bits per heavy atom. The Morgan fingerprint density at radius 3 is 3.05 bits per heavy atom. The van der Waals surface area contributed by atoms with E-state index < -0.39 is 0 Å². The number of hydrogen-bond donors (Lipinski definition) is 1. The lowest BCUT2D eigenvalue weighted by Gasteiger charge is -2.40. The molecule has 1 aromatic rings. The fourth-order valence-electron chi connectivity index (χ4n) is 3.39. The summed E-state index contributed by atoms with van der Waals surface area (Å²) in [6, 6.07) is 6.22. The van der Waals surface area contributed by atoms with E-state index in [0.29, 0.717) is 5.92 Å². The molecule has 2 N–H and O–H groups in total. The minimum Gasteiger partial charge on any atom is -0.374 e. The number of benzene rings is 1. The molecule has 0 radical (unpaired) electrons. The molecule has 3 unspecified atom stereocenters. The molecule has 3 atom stereocenters. The van der Waals surface area contributed by atoms with Crippen molar-refractivity contribution in [3.05, 3.63) is 34.3 Å². The van der Waals surface area contributed by atoms with Crippen LogP contribution in [0.25, 0.3) is 0 Å². The SMILES string of the molecule is Cc1ccc(C(N)C2CCOC3(CCSC3)C2)c(Cl)c1. The zero-order valence-electron chi connectivity index (χ0n) is 11.9. The van der Waals surface area contributed by atoms with Gasteiger partial charge in [-0.1, -0.05) is 23.7 Å². The number of aryl methyl sites for hydroxylation is 1. The van der Waals surface area contributed by atoms with Crippen LogP contribution in [0, 0.1) is 12.8 Å². The van der Waals surface area contributed by atoms with E-state index in [0.717, 1.165) is 35.8 Å². The maximum atomic E-state index is 6.52. The monoisotopic (exact) mass is 311 g/mol. The van der Waals surface area contributed by atoms with Crippen LogP contribution in [0.15, 0.2) is 18.2 Å². The molecule has 0 amide bonds. The number of nitrogens with two attached hydrogens (primary N) is 1. The fourth-order valence-corrected chi connectivity index (χ4v) is 5.13. The van der Waals surface area contributed by atoms with E-state index in [2.05, 4.69) is 19.1 Å². The Morgan fingerprint density at radius 1 is 1.50 bits per heavy atom. The van der Waals surface area contributed by atoms with Crippen molar-refractivity contribution in [3.8, 4) is 0 Å². The molecule has 2 aliphatic heterocycles. The molecule has 1 aromatic carbocycles. The molecule has 1 spiro atoms. The summed E-state index contributed by atoms with van der Waals surface area (Å²) in [6.07, 6.45) is 3.28. The predicted molar refractivity (Wildman–Crippen MR) is 86.5 cm³/mol. The topological polar surface area (TPSA) is 35.2 Å². The van der Waals surface area contributed by atoms with Gasteiger partial charge >= 0.3 is 0 Å². The van der Waals surface area contributed by atoms with Crippen LogP contribution in [0.4, 0.5) is 0 Å². The smallest absolute Gasteiger partial charge is 0.0783 e.